The Labute approximate surface area is 174 Å². The molecule has 5 fully saturated rings. The van der Waals surface area contributed by atoms with Crippen LogP contribution in [-0.2, 0) is 0 Å². The van der Waals surface area contributed by atoms with Crippen LogP contribution in [0.15, 0.2) is 24.3 Å². The van der Waals surface area contributed by atoms with E-state index in [1.54, 1.807) is 0 Å². The SMILES string of the molecule is CC(Nc1nc(N2CCCCC2)nc2ccccc12)C12CC3CC(CC(C3)C1)C2. The number of anilines is 2. The maximum absolute atomic E-state index is 5.10. The van der Waals surface area contributed by atoms with Gasteiger partial charge in [-0.1, -0.05) is 12.1 Å². The van der Waals surface area contributed by atoms with Crippen molar-refractivity contribution >= 4 is 22.7 Å². The fourth-order valence-electron chi connectivity index (χ4n) is 7.48. The Kier molecular flexibility index (Phi) is 4.25. The molecule has 4 heteroatoms. The van der Waals surface area contributed by atoms with E-state index in [4.69, 9.17) is 9.97 Å². The first kappa shape index (κ1) is 18.0. The Morgan fingerprint density at radius 2 is 1.59 bits per heavy atom. The summed E-state index contributed by atoms with van der Waals surface area (Å²) in [7, 11) is 0. The van der Waals surface area contributed by atoms with Crippen molar-refractivity contribution in [2.24, 2.45) is 23.2 Å². The minimum Gasteiger partial charge on any atom is -0.366 e. The summed E-state index contributed by atoms with van der Waals surface area (Å²) < 4.78 is 0. The summed E-state index contributed by atoms with van der Waals surface area (Å²) in [5.41, 5.74) is 1.55. The topological polar surface area (TPSA) is 41.1 Å². The Bertz CT molecular complexity index is 866. The number of piperidine rings is 1. The van der Waals surface area contributed by atoms with Gasteiger partial charge in [-0.25, -0.2) is 4.98 Å². The first-order valence-corrected chi connectivity index (χ1v) is 12.0. The molecular weight excluding hydrogens is 356 g/mol. The van der Waals surface area contributed by atoms with Gasteiger partial charge in [0.2, 0.25) is 5.95 Å². The molecule has 154 valence electrons. The maximum atomic E-state index is 5.10. The molecule has 2 heterocycles. The van der Waals surface area contributed by atoms with Crippen molar-refractivity contribution < 1.29 is 0 Å². The molecule has 1 aliphatic heterocycles. The van der Waals surface area contributed by atoms with Crippen LogP contribution in [-0.4, -0.2) is 29.1 Å². The second kappa shape index (κ2) is 6.85. The normalized spacial score (nSPS) is 34.5. The van der Waals surface area contributed by atoms with Crippen LogP contribution in [0.3, 0.4) is 0 Å². The van der Waals surface area contributed by atoms with E-state index >= 15 is 0 Å². The number of benzene rings is 1. The molecule has 1 aromatic heterocycles. The standard InChI is InChI=1S/C25H34N4/c1-17(25-14-18-11-19(15-25)13-20(12-18)16-25)26-23-21-7-3-4-8-22(21)27-24(28-23)29-9-5-2-6-10-29/h3-4,7-8,17-20H,2,5-6,9-16H2,1H3,(H,26,27,28). The summed E-state index contributed by atoms with van der Waals surface area (Å²) in [6.45, 7) is 4.61. The van der Waals surface area contributed by atoms with Gasteiger partial charge in [0.05, 0.1) is 5.52 Å². The number of hydrogen-bond donors (Lipinski definition) is 1. The van der Waals surface area contributed by atoms with Crippen molar-refractivity contribution in [2.45, 2.75) is 70.8 Å². The number of fused-ring (bicyclic) bond motifs is 1. The lowest BCUT2D eigenvalue weighted by molar-refractivity contribution is -0.0602. The lowest BCUT2D eigenvalue weighted by Gasteiger charge is -2.59. The number of hydrogen-bond acceptors (Lipinski definition) is 4. The lowest BCUT2D eigenvalue weighted by Crippen LogP contribution is -2.53. The Balaban J connectivity index is 1.33. The van der Waals surface area contributed by atoms with Crippen molar-refractivity contribution in [2.75, 3.05) is 23.3 Å². The second-order valence-electron chi connectivity index (χ2n) is 10.6. The molecule has 0 radical (unpaired) electrons. The quantitative estimate of drug-likeness (QED) is 0.734. The molecule has 1 aromatic carbocycles. The smallest absolute Gasteiger partial charge is 0.227 e. The average molecular weight is 391 g/mol. The third-order valence-electron chi connectivity index (χ3n) is 8.59. The van der Waals surface area contributed by atoms with Gasteiger partial charge in [0, 0.05) is 24.5 Å². The molecule has 4 aliphatic carbocycles. The molecule has 1 unspecified atom stereocenters. The molecule has 2 aromatic rings. The first-order chi connectivity index (χ1) is 14.2. The van der Waals surface area contributed by atoms with E-state index in [1.807, 2.05) is 0 Å². The predicted molar refractivity (Wildman–Crippen MR) is 119 cm³/mol. The average Bonchev–Trinajstić information content (AvgIpc) is 2.73. The van der Waals surface area contributed by atoms with Crippen molar-refractivity contribution in [3.8, 4) is 0 Å². The Morgan fingerprint density at radius 3 is 2.28 bits per heavy atom. The highest BCUT2D eigenvalue weighted by molar-refractivity contribution is 5.90. The van der Waals surface area contributed by atoms with Gasteiger partial charge >= 0.3 is 0 Å². The predicted octanol–water partition coefficient (Wildman–Crippen LogP) is 5.64. The van der Waals surface area contributed by atoms with Crippen LogP contribution in [0.5, 0.6) is 0 Å². The van der Waals surface area contributed by atoms with E-state index in [-0.39, 0.29) is 0 Å². The maximum Gasteiger partial charge on any atom is 0.227 e. The van der Waals surface area contributed by atoms with Crippen LogP contribution in [0.4, 0.5) is 11.8 Å². The third-order valence-corrected chi connectivity index (χ3v) is 8.59. The third kappa shape index (κ3) is 3.10. The Hall–Kier alpha value is -1.84. The van der Waals surface area contributed by atoms with Crippen LogP contribution < -0.4 is 10.2 Å². The number of rotatable bonds is 4. The van der Waals surface area contributed by atoms with Crippen LogP contribution in [0.2, 0.25) is 0 Å². The Morgan fingerprint density at radius 1 is 0.931 bits per heavy atom. The highest BCUT2D eigenvalue weighted by atomic mass is 15.3. The second-order valence-corrected chi connectivity index (χ2v) is 10.6. The molecule has 1 atom stereocenters. The molecule has 4 bridgehead atoms. The summed E-state index contributed by atoms with van der Waals surface area (Å²) in [6, 6.07) is 9.02. The lowest BCUT2D eigenvalue weighted by atomic mass is 9.48. The fraction of sp³-hybridized carbons (Fsp3) is 0.680. The number of para-hydroxylation sites is 1. The summed E-state index contributed by atoms with van der Waals surface area (Å²) in [6.07, 6.45) is 12.6. The molecule has 29 heavy (non-hydrogen) atoms. The van der Waals surface area contributed by atoms with Gasteiger partial charge in [-0.05, 0) is 100 Å². The van der Waals surface area contributed by atoms with E-state index in [9.17, 15) is 0 Å². The van der Waals surface area contributed by atoms with E-state index < -0.39 is 0 Å². The molecule has 4 nitrogen and oxygen atoms in total. The molecule has 1 saturated heterocycles. The van der Waals surface area contributed by atoms with Crippen molar-refractivity contribution in [1.82, 2.24) is 9.97 Å². The van der Waals surface area contributed by atoms with E-state index in [1.165, 1.54) is 63.2 Å². The summed E-state index contributed by atoms with van der Waals surface area (Å²) in [5, 5.41) is 5.11. The summed E-state index contributed by atoms with van der Waals surface area (Å²) >= 11 is 0. The monoisotopic (exact) mass is 390 g/mol. The zero-order valence-electron chi connectivity index (χ0n) is 17.7. The minimum absolute atomic E-state index is 0.475. The van der Waals surface area contributed by atoms with Gasteiger partial charge < -0.3 is 10.2 Å². The van der Waals surface area contributed by atoms with Crippen LogP contribution in [0, 0.1) is 23.2 Å². The van der Waals surface area contributed by atoms with Crippen LogP contribution in [0.25, 0.3) is 10.9 Å². The molecule has 0 amide bonds. The van der Waals surface area contributed by atoms with Gasteiger partial charge in [0.15, 0.2) is 0 Å². The molecular formula is C25H34N4. The highest BCUT2D eigenvalue weighted by Gasteiger charge is 2.53. The zero-order valence-corrected chi connectivity index (χ0v) is 17.7. The van der Waals surface area contributed by atoms with Gasteiger partial charge in [-0.3, -0.25) is 0 Å². The number of nitrogens with zero attached hydrogens (tertiary/aromatic N) is 3. The largest absolute Gasteiger partial charge is 0.366 e. The summed E-state index contributed by atoms with van der Waals surface area (Å²) in [4.78, 5) is 12.4. The molecule has 1 N–H and O–H groups in total. The molecule has 4 saturated carbocycles. The molecule has 5 aliphatic rings. The minimum atomic E-state index is 0.475. The van der Waals surface area contributed by atoms with Gasteiger partial charge in [0.25, 0.3) is 0 Å². The number of aromatic nitrogens is 2. The molecule has 7 rings (SSSR count). The van der Waals surface area contributed by atoms with Gasteiger partial charge in [-0.15, -0.1) is 0 Å². The van der Waals surface area contributed by atoms with Crippen molar-refractivity contribution in [1.29, 1.82) is 0 Å². The van der Waals surface area contributed by atoms with E-state index in [0.717, 1.165) is 48.1 Å². The first-order valence-electron chi connectivity index (χ1n) is 12.0. The van der Waals surface area contributed by atoms with Gasteiger partial charge in [0.1, 0.15) is 5.82 Å². The van der Waals surface area contributed by atoms with Crippen molar-refractivity contribution in [3.05, 3.63) is 24.3 Å². The zero-order chi connectivity index (χ0) is 19.4. The fourth-order valence-corrected chi connectivity index (χ4v) is 7.48. The van der Waals surface area contributed by atoms with Crippen LogP contribution in [0.1, 0.15) is 64.7 Å². The highest BCUT2D eigenvalue weighted by Crippen LogP contribution is 2.61. The van der Waals surface area contributed by atoms with Crippen LogP contribution >= 0.6 is 0 Å². The van der Waals surface area contributed by atoms with E-state index in [2.05, 4.69) is 41.4 Å². The number of nitrogens with one attached hydrogen (secondary N) is 1. The van der Waals surface area contributed by atoms with Crippen molar-refractivity contribution in [3.63, 3.8) is 0 Å². The van der Waals surface area contributed by atoms with E-state index in [0.29, 0.717) is 11.5 Å². The summed E-state index contributed by atoms with van der Waals surface area (Å²) in [5.74, 6) is 4.92. The van der Waals surface area contributed by atoms with Gasteiger partial charge in [-0.2, -0.15) is 4.98 Å². The molecule has 0 spiro atoms.